The first kappa shape index (κ1) is 15.2. The molecule has 3 fully saturated rings. The van der Waals surface area contributed by atoms with Gasteiger partial charge in [-0.25, -0.2) is 0 Å². The lowest BCUT2D eigenvalue weighted by Gasteiger charge is -2.35. The minimum atomic E-state index is -0.157. The highest BCUT2D eigenvalue weighted by atomic mass is 16.2. The molecule has 3 aliphatic rings. The molecule has 4 rings (SSSR count). The molecule has 1 aromatic heterocycles. The highest BCUT2D eigenvalue weighted by Gasteiger charge is 2.50. The molecule has 23 heavy (non-hydrogen) atoms. The summed E-state index contributed by atoms with van der Waals surface area (Å²) in [4.78, 5) is 15.3. The van der Waals surface area contributed by atoms with Crippen LogP contribution in [0.2, 0.25) is 0 Å². The van der Waals surface area contributed by atoms with E-state index in [0.29, 0.717) is 18.0 Å². The smallest absolute Gasteiger partial charge is 0.240 e. The van der Waals surface area contributed by atoms with Crippen LogP contribution >= 0.6 is 0 Å². The highest BCUT2D eigenvalue weighted by Crippen LogP contribution is 2.39. The van der Waals surface area contributed by atoms with Gasteiger partial charge in [0.15, 0.2) is 0 Å². The fourth-order valence-electron chi connectivity index (χ4n) is 4.91. The summed E-state index contributed by atoms with van der Waals surface area (Å²) in [5.74, 6) is 0.311. The molecule has 1 amide bonds. The first-order valence-electron chi connectivity index (χ1n) is 9.24. The Morgan fingerprint density at radius 1 is 1.22 bits per heavy atom. The van der Waals surface area contributed by atoms with Gasteiger partial charge < -0.3 is 5.32 Å². The van der Waals surface area contributed by atoms with Gasteiger partial charge in [0.25, 0.3) is 0 Å². The van der Waals surface area contributed by atoms with Crippen molar-refractivity contribution in [2.24, 2.45) is 0 Å². The summed E-state index contributed by atoms with van der Waals surface area (Å²) in [5.41, 5.74) is 1.07. The summed E-state index contributed by atoms with van der Waals surface area (Å²) < 4.78 is 2.11. The van der Waals surface area contributed by atoms with E-state index in [1.807, 2.05) is 6.20 Å². The standard InChI is InChI=1S/C18H28N4O/c1-14-12-19-22(13-14)16-6-4-15(5-7-16)20-17(23)18-8-2-10-21(18)11-3-9-18/h12-13,15-16H,2-11H2,1H3,(H,20,23). The lowest BCUT2D eigenvalue weighted by molar-refractivity contribution is -0.131. The molecule has 5 nitrogen and oxygen atoms in total. The second kappa shape index (κ2) is 5.93. The topological polar surface area (TPSA) is 50.2 Å². The van der Waals surface area contributed by atoms with Crippen LogP contribution in [0.5, 0.6) is 0 Å². The molecular formula is C18H28N4O. The number of nitrogens with zero attached hydrogens (tertiary/aromatic N) is 3. The Bertz CT molecular complexity index is 563. The molecule has 0 unspecified atom stereocenters. The van der Waals surface area contributed by atoms with Crippen LogP contribution in [-0.4, -0.2) is 45.3 Å². The van der Waals surface area contributed by atoms with Gasteiger partial charge in [0, 0.05) is 12.2 Å². The van der Waals surface area contributed by atoms with Crippen molar-refractivity contribution in [3.8, 4) is 0 Å². The first-order valence-corrected chi connectivity index (χ1v) is 9.24. The number of hydrogen-bond donors (Lipinski definition) is 1. The summed E-state index contributed by atoms with van der Waals surface area (Å²) in [5, 5.41) is 7.84. The number of fused-ring (bicyclic) bond motifs is 1. The average molecular weight is 316 g/mol. The average Bonchev–Trinajstić information content (AvgIpc) is 3.23. The Morgan fingerprint density at radius 2 is 1.91 bits per heavy atom. The summed E-state index contributed by atoms with van der Waals surface area (Å²) in [7, 11) is 0. The predicted octanol–water partition coefficient (Wildman–Crippen LogP) is 2.42. The van der Waals surface area contributed by atoms with E-state index in [1.165, 1.54) is 18.4 Å². The zero-order valence-corrected chi connectivity index (χ0v) is 14.1. The quantitative estimate of drug-likeness (QED) is 0.932. The van der Waals surface area contributed by atoms with Crippen molar-refractivity contribution in [3.05, 3.63) is 18.0 Å². The largest absolute Gasteiger partial charge is 0.352 e. The van der Waals surface area contributed by atoms with Crippen molar-refractivity contribution >= 4 is 5.91 Å². The molecule has 0 spiro atoms. The number of nitrogens with one attached hydrogen (secondary N) is 1. The van der Waals surface area contributed by atoms with Crippen LogP contribution in [0.25, 0.3) is 0 Å². The van der Waals surface area contributed by atoms with Gasteiger partial charge in [-0.2, -0.15) is 5.10 Å². The minimum absolute atomic E-state index is 0.157. The monoisotopic (exact) mass is 316 g/mol. The molecule has 0 bridgehead atoms. The van der Waals surface area contributed by atoms with E-state index < -0.39 is 0 Å². The van der Waals surface area contributed by atoms with Gasteiger partial charge in [-0.05, 0) is 76.9 Å². The van der Waals surface area contributed by atoms with Crippen LogP contribution in [0.4, 0.5) is 0 Å². The normalized spacial score (nSPS) is 30.3. The van der Waals surface area contributed by atoms with Crippen molar-refractivity contribution in [1.29, 1.82) is 0 Å². The minimum Gasteiger partial charge on any atom is -0.352 e. The number of aromatic nitrogens is 2. The van der Waals surface area contributed by atoms with E-state index in [9.17, 15) is 4.79 Å². The van der Waals surface area contributed by atoms with E-state index in [-0.39, 0.29) is 5.54 Å². The lowest BCUT2D eigenvalue weighted by atomic mass is 9.88. The maximum Gasteiger partial charge on any atom is 0.240 e. The van der Waals surface area contributed by atoms with Crippen LogP contribution in [-0.2, 0) is 4.79 Å². The lowest BCUT2D eigenvalue weighted by Crippen LogP contribution is -2.54. The summed E-state index contributed by atoms with van der Waals surface area (Å²) in [6.07, 6.45) is 12.9. The fraction of sp³-hybridized carbons (Fsp3) is 0.778. The van der Waals surface area contributed by atoms with Crippen molar-refractivity contribution in [2.45, 2.75) is 75.9 Å². The number of amides is 1. The Kier molecular flexibility index (Phi) is 3.92. The van der Waals surface area contributed by atoms with E-state index in [0.717, 1.165) is 51.6 Å². The molecular weight excluding hydrogens is 288 g/mol. The molecule has 2 aliphatic heterocycles. The van der Waals surface area contributed by atoms with E-state index in [2.05, 4.69) is 33.1 Å². The van der Waals surface area contributed by atoms with Crippen LogP contribution in [0.1, 0.15) is 63.0 Å². The number of hydrogen-bond acceptors (Lipinski definition) is 3. The maximum absolute atomic E-state index is 12.9. The predicted molar refractivity (Wildman–Crippen MR) is 89.2 cm³/mol. The van der Waals surface area contributed by atoms with Gasteiger partial charge in [-0.1, -0.05) is 0 Å². The Morgan fingerprint density at radius 3 is 2.52 bits per heavy atom. The molecule has 5 heteroatoms. The SMILES string of the molecule is Cc1cnn(C2CCC(NC(=O)C34CCCN3CCC4)CC2)c1. The van der Waals surface area contributed by atoms with E-state index >= 15 is 0 Å². The Balaban J connectivity index is 1.33. The van der Waals surface area contributed by atoms with Crippen molar-refractivity contribution < 1.29 is 4.79 Å². The molecule has 1 N–H and O–H groups in total. The number of carbonyl (C=O) groups excluding carboxylic acids is 1. The molecule has 2 saturated heterocycles. The Labute approximate surface area is 138 Å². The van der Waals surface area contributed by atoms with Gasteiger partial charge in [-0.15, -0.1) is 0 Å². The van der Waals surface area contributed by atoms with Gasteiger partial charge in [0.2, 0.25) is 5.91 Å². The van der Waals surface area contributed by atoms with Crippen LogP contribution in [0, 0.1) is 6.92 Å². The number of aryl methyl sites for hydroxylation is 1. The zero-order valence-electron chi connectivity index (χ0n) is 14.1. The first-order chi connectivity index (χ1) is 11.2. The molecule has 1 aromatic rings. The molecule has 0 aromatic carbocycles. The number of carbonyl (C=O) groups is 1. The fourth-order valence-corrected chi connectivity index (χ4v) is 4.91. The molecule has 3 heterocycles. The second-order valence-corrected chi connectivity index (χ2v) is 7.70. The highest BCUT2D eigenvalue weighted by molar-refractivity contribution is 5.87. The Hall–Kier alpha value is -1.36. The third-order valence-electron chi connectivity index (χ3n) is 6.20. The molecule has 1 aliphatic carbocycles. The summed E-state index contributed by atoms with van der Waals surface area (Å²) >= 11 is 0. The summed E-state index contributed by atoms with van der Waals surface area (Å²) in [6.45, 7) is 4.31. The van der Waals surface area contributed by atoms with Crippen LogP contribution < -0.4 is 5.32 Å². The molecule has 0 atom stereocenters. The van der Waals surface area contributed by atoms with Gasteiger partial charge in [0.1, 0.15) is 5.54 Å². The molecule has 0 radical (unpaired) electrons. The molecule has 1 saturated carbocycles. The van der Waals surface area contributed by atoms with Gasteiger partial charge in [-0.3, -0.25) is 14.4 Å². The summed E-state index contributed by atoms with van der Waals surface area (Å²) in [6, 6.07) is 0.859. The van der Waals surface area contributed by atoms with Gasteiger partial charge in [0.05, 0.1) is 12.2 Å². The van der Waals surface area contributed by atoms with E-state index in [1.54, 1.807) is 0 Å². The maximum atomic E-state index is 12.9. The third kappa shape index (κ3) is 2.69. The van der Waals surface area contributed by atoms with Crippen molar-refractivity contribution in [2.75, 3.05) is 13.1 Å². The second-order valence-electron chi connectivity index (χ2n) is 7.70. The van der Waals surface area contributed by atoms with Gasteiger partial charge >= 0.3 is 0 Å². The van der Waals surface area contributed by atoms with E-state index in [4.69, 9.17) is 0 Å². The molecule has 126 valence electrons. The van der Waals surface area contributed by atoms with Crippen molar-refractivity contribution in [3.63, 3.8) is 0 Å². The number of rotatable bonds is 3. The van der Waals surface area contributed by atoms with Crippen LogP contribution in [0.3, 0.4) is 0 Å². The zero-order chi connectivity index (χ0) is 15.9. The van der Waals surface area contributed by atoms with Crippen molar-refractivity contribution in [1.82, 2.24) is 20.0 Å². The third-order valence-corrected chi connectivity index (χ3v) is 6.20. The van der Waals surface area contributed by atoms with Crippen LogP contribution in [0.15, 0.2) is 12.4 Å².